The topological polar surface area (TPSA) is 83.8 Å². The molecule has 0 aromatic carbocycles. The first-order chi connectivity index (χ1) is 17.1. The number of carbonyl (C=O) groups excluding carboxylic acids is 1. The maximum absolute atomic E-state index is 12.8. The summed E-state index contributed by atoms with van der Waals surface area (Å²) in [6.07, 6.45) is 7.33. The Morgan fingerprint density at radius 1 is 0.865 bits per heavy atom. The molecule has 0 spiro atoms. The second kappa shape index (κ2) is 8.32. The molecule has 2 N–H and O–H groups in total. The van der Waals surface area contributed by atoms with Gasteiger partial charge >= 0.3 is 11.9 Å². The van der Waals surface area contributed by atoms with Gasteiger partial charge in [0.25, 0.3) is 0 Å². The van der Waals surface area contributed by atoms with Gasteiger partial charge in [0.15, 0.2) is 0 Å². The zero-order valence-corrected chi connectivity index (χ0v) is 24.2. The number of carbonyl (C=O) groups is 2. The van der Waals surface area contributed by atoms with Gasteiger partial charge in [0, 0.05) is 12.3 Å². The van der Waals surface area contributed by atoms with Gasteiger partial charge in [-0.3, -0.25) is 9.59 Å². The molecule has 5 aliphatic rings. The molecule has 0 saturated heterocycles. The lowest BCUT2D eigenvalue weighted by Crippen LogP contribution is -2.69. The van der Waals surface area contributed by atoms with Crippen LogP contribution in [-0.4, -0.2) is 34.4 Å². The van der Waals surface area contributed by atoms with E-state index >= 15 is 0 Å². The summed E-state index contributed by atoms with van der Waals surface area (Å²) in [7, 11) is 0. The number of hydrogen-bond donors (Lipinski definition) is 2. The largest absolute Gasteiger partial charge is 0.481 e. The molecule has 5 fully saturated rings. The fourth-order valence-corrected chi connectivity index (χ4v) is 12.0. The van der Waals surface area contributed by atoms with Crippen molar-refractivity contribution in [3.63, 3.8) is 0 Å². The van der Waals surface area contributed by atoms with Gasteiger partial charge in [0.05, 0.1) is 11.5 Å². The fourth-order valence-electron chi connectivity index (χ4n) is 12.0. The summed E-state index contributed by atoms with van der Waals surface area (Å²) < 4.78 is 5.74. The zero-order valence-electron chi connectivity index (χ0n) is 24.2. The first-order valence-corrected chi connectivity index (χ1v) is 14.8. The van der Waals surface area contributed by atoms with Crippen LogP contribution in [0.5, 0.6) is 0 Å². The van der Waals surface area contributed by atoms with E-state index in [1.165, 1.54) is 6.92 Å². The van der Waals surface area contributed by atoms with E-state index < -0.39 is 23.6 Å². The summed E-state index contributed by atoms with van der Waals surface area (Å²) in [6.45, 7) is 19.7. The van der Waals surface area contributed by atoms with E-state index in [1.807, 2.05) is 0 Å². The molecule has 0 amide bonds. The van der Waals surface area contributed by atoms with Crippen LogP contribution < -0.4 is 0 Å². The number of allylic oxidation sites excluding steroid dienone is 1. The summed E-state index contributed by atoms with van der Waals surface area (Å²) >= 11 is 0. The Morgan fingerprint density at radius 3 is 2.14 bits per heavy atom. The molecule has 0 aliphatic heterocycles. The minimum atomic E-state index is -0.665. The predicted octanol–water partition coefficient (Wildman–Crippen LogP) is 6.63. The third-order valence-electron chi connectivity index (χ3n) is 13.7. The molecule has 0 radical (unpaired) electrons. The first kappa shape index (κ1) is 27.2. The predicted molar refractivity (Wildman–Crippen MR) is 144 cm³/mol. The van der Waals surface area contributed by atoms with Gasteiger partial charge in [-0.05, 0) is 111 Å². The lowest BCUT2D eigenvalue weighted by atomic mass is 9.32. The van der Waals surface area contributed by atoms with E-state index in [9.17, 15) is 19.8 Å². The molecule has 208 valence electrons. The quantitative estimate of drug-likeness (QED) is 0.326. The molecule has 0 heterocycles. The van der Waals surface area contributed by atoms with Crippen molar-refractivity contribution in [3.05, 3.63) is 12.2 Å². The molecule has 37 heavy (non-hydrogen) atoms. The van der Waals surface area contributed by atoms with Gasteiger partial charge in [0.2, 0.25) is 0 Å². The average Bonchev–Trinajstić information content (AvgIpc) is 3.18. The Kier molecular flexibility index (Phi) is 6.12. The van der Waals surface area contributed by atoms with Crippen LogP contribution in [0.1, 0.15) is 106 Å². The molecule has 11 atom stereocenters. The van der Waals surface area contributed by atoms with Crippen LogP contribution >= 0.6 is 0 Å². The Balaban J connectivity index is 1.54. The smallest absolute Gasteiger partial charge is 0.309 e. The average molecular weight is 515 g/mol. The molecule has 4 unspecified atom stereocenters. The first-order valence-electron chi connectivity index (χ1n) is 14.8. The third kappa shape index (κ3) is 3.37. The lowest BCUT2D eigenvalue weighted by molar-refractivity contribution is -0.266. The Labute approximate surface area is 223 Å². The van der Waals surface area contributed by atoms with Gasteiger partial charge in [-0.15, -0.1) is 0 Å². The maximum Gasteiger partial charge on any atom is 0.309 e. The van der Waals surface area contributed by atoms with Crippen LogP contribution in [0.15, 0.2) is 12.2 Å². The third-order valence-corrected chi connectivity index (χ3v) is 13.7. The summed E-state index contributed by atoms with van der Waals surface area (Å²) in [4.78, 5) is 24.7. The highest BCUT2D eigenvalue weighted by Gasteiger charge is 2.72. The molecular weight excluding hydrogens is 464 g/mol. The molecule has 0 aromatic heterocycles. The lowest BCUT2D eigenvalue weighted by Gasteiger charge is -2.73. The van der Waals surface area contributed by atoms with Gasteiger partial charge in [-0.25, -0.2) is 0 Å². The second-order valence-corrected chi connectivity index (χ2v) is 15.3. The summed E-state index contributed by atoms with van der Waals surface area (Å²) in [6, 6.07) is 0. The van der Waals surface area contributed by atoms with Gasteiger partial charge in [-0.2, -0.15) is 0 Å². The van der Waals surface area contributed by atoms with Crippen molar-refractivity contribution in [2.45, 2.75) is 118 Å². The van der Waals surface area contributed by atoms with E-state index in [-0.39, 0.29) is 33.5 Å². The highest BCUT2D eigenvalue weighted by Crippen LogP contribution is 2.77. The molecule has 0 bridgehead atoms. The number of aliphatic hydroxyl groups is 1. The van der Waals surface area contributed by atoms with Crippen molar-refractivity contribution < 1.29 is 24.5 Å². The molecule has 5 heteroatoms. The molecule has 5 rings (SSSR count). The number of esters is 1. The van der Waals surface area contributed by atoms with Gasteiger partial charge < -0.3 is 14.9 Å². The van der Waals surface area contributed by atoms with E-state index in [1.54, 1.807) is 0 Å². The highest BCUT2D eigenvalue weighted by atomic mass is 16.6. The van der Waals surface area contributed by atoms with Crippen LogP contribution in [0.3, 0.4) is 0 Å². The molecular formula is C32H50O5. The van der Waals surface area contributed by atoms with Crippen molar-refractivity contribution in [3.8, 4) is 0 Å². The number of fused-ring (bicyclic) bond motifs is 7. The van der Waals surface area contributed by atoms with Crippen molar-refractivity contribution >= 4 is 11.9 Å². The van der Waals surface area contributed by atoms with E-state index in [2.05, 4.69) is 48.1 Å². The second-order valence-electron chi connectivity index (χ2n) is 15.3. The van der Waals surface area contributed by atoms with Crippen LogP contribution in [-0.2, 0) is 14.3 Å². The van der Waals surface area contributed by atoms with Gasteiger partial charge in [-0.1, -0.05) is 46.8 Å². The minimum Gasteiger partial charge on any atom is -0.481 e. The Hall–Kier alpha value is -1.36. The van der Waals surface area contributed by atoms with E-state index in [0.717, 1.165) is 56.9 Å². The van der Waals surface area contributed by atoms with E-state index in [0.29, 0.717) is 30.1 Å². The van der Waals surface area contributed by atoms with Crippen molar-refractivity contribution in [1.82, 2.24) is 0 Å². The number of rotatable bonds is 3. The summed E-state index contributed by atoms with van der Waals surface area (Å²) in [5.41, 5.74) is 0.349. The van der Waals surface area contributed by atoms with E-state index in [4.69, 9.17) is 4.74 Å². The van der Waals surface area contributed by atoms with Crippen LogP contribution in [0.25, 0.3) is 0 Å². The minimum absolute atomic E-state index is 0.0503. The summed E-state index contributed by atoms with van der Waals surface area (Å²) in [5, 5.41) is 21.9. The molecule has 5 nitrogen and oxygen atoms in total. The highest BCUT2D eigenvalue weighted by molar-refractivity contribution is 5.76. The Morgan fingerprint density at radius 2 is 1.54 bits per heavy atom. The SMILES string of the molecule is C=C(C)[C@@H]1CC[C@]2(C(=O)O)CC[C@]3(C)C(CCC4[C@@]5(C)C[C@@H](O)[C@H](OC(C)=O)C(C)(C)C5CC[C@]43C)C12. The number of hydrogen-bond acceptors (Lipinski definition) is 4. The molecule has 5 saturated carbocycles. The van der Waals surface area contributed by atoms with Gasteiger partial charge in [0.1, 0.15) is 6.10 Å². The van der Waals surface area contributed by atoms with Crippen LogP contribution in [0.2, 0.25) is 0 Å². The van der Waals surface area contributed by atoms with Crippen molar-refractivity contribution in [2.24, 2.45) is 56.7 Å². The number of carboxylic acid groups (broad SMARTS) is 1. The van der Waals surface area contributed by atoms with Crippen molar-refractivity contribution in [2.75, 3.05) is 0 Å². The molecule has 0 aromatic rings. The number of aliphatic hydroxyl groups excluding tert-OH is 1. The summed E-state index contributed by atoms with van der Waals surface area (Å²) in [5.74, 6) is 0.774. The van der Waals surface area contributed by atoms with Crippen molar-refractivity contribution in [1.29, 1.82) is 0 Å². The Bertz CT molecular complexity index is 1000. The van der Waals surface area contributed by atoms with Crippen LogP contribution in [0.4, 0.5) is 0 Å². The zero-order chi connectivity index (χ0) is 27.3. The fraction of sp³-hybridized carbons (Fsp3) is 0.875. The number of carboxylic acids is 1. The maximum atomic E-state index is 12.8. The normalized spacial score (nSPS) is 52.2. The number of ether oxygens (including phenoxy) is 1. The standard InChI is InChI=1S/C32H50O5/c1-18(2)20-11-14-32(27(35)36)16-15-30(7)21(25(20)32)9-10-24-29(6)17-22(34)26(37-19(3)33)28(4,5)23(29)12-13-31(24,30)8/h20-26,34H,1,9-17H2,2-8H3,(H,35,36)/t20-,21?,22+,23?,24?,25?,26-,29-,30+,31+,32-/m0/s1. The molecule has 5 aliphatic carbocycles. The number of aliphatic carboxylic acids is 1. The monoisotopic (exact) mass is 514 g/mol. The van der Waals surface area contributed by atoms with Crippen LogP contribution in [0, 0.1) is 56.7 Å².